The summed E-state index contributed by atoms with van der Waals surface area (Å²) in [6.07, 6.45) is 0. The number of hydrazine groups is 1. The Morgan fingerprint density at radius 3 is 2.96 bits per heavy atom. The van der Waals surface area contributed by atoms with Crippen molar-refractivity contribution in [3.05, 3.63) is 52.3 Å². The van der Waals surface area contributed by atoms with E-state index in [0.717, 1.165) is 38.4 Å². The van der Waals surface area contributed by atoms with Crippen LogP contribution < -0.4 is 10.9 Å². The van der Waals surface area contributed by atoms with Gasteiger partial charge in [-0.1, -0.05) is 23.8 Å². The van der Waals surface area contributed by atoms with Crippen molar-refractivity contribution in [2.45, 2.75) is 33.0 Å². The van der Waals surface area contributed by atoms with Gasteiger partial charge in [-0.15, -0.1) is 0 Å². The summed E-state index contributed by atoms with van der Waals surface area (Å²) >= 11 is 0. The van der Waals surface area contributed by atoms with Crippen LogP contribution in [0.3, 0.4) is 0 Å². The molecule has 7 heteroatoms. The fourth-order valence-electron chi connectivity index (χ4n) is 4.04. The van der Waals surface area contributed by atoms with Gasteiger partial charge in [0.1, 0.15) is 0 Å². The number of carboxylic acid groups (broad SMARTS) is 1. The first-order valence-corrected chi connectivity index (χ1v) is 9.09. The van der Waals surface area contributed by atoms with Crippen LogP contribution in [0.4, 0.5) is 0 Å². The van der Waals surface area contributed by atoms with Gasteiger partial charge in [0.2, 0.25) is 0 Å². The van der Waals surface area contributed by atoms with Crippen molar-refractivity contribution in [2.75, 3.05) is 19.6 Å². The van der Waals surface area contributed by atoms with Crippen LogP contribution in [0.1, 0.15) is 38.9 Å². The maximum absolute atomic E-state index is 11.1. The minimum atomic E-state index is -0.961. The second-order valence-corrected chi connectivity index (χ2v) is 7.41. The number of aryl methyl sites for hydroxylation is 2. The third kappa shape index (κ3) is 3.25. The summed E-state index contributed by atoms with van der Waals surface area (Å²) in [6.45, 7) is 8.56. The third-order valence-electron chi connectivity index (χ3n) is 5.45. The molecule has 3 heterocycles. The number of hydrogen-bond donors (Lipinski definition) is 3. The van der Waals surface area contributed by atoms with E-state index in [-0.39, 0.29) is 11.7 Å². The molecule has 1 aromatic heterocycles. The zero-order valence-electron chi connectivity index (χ0n) is 15.2. The molecule has 3 N–H and O–H groups in total. The summed E-state index contributed by atoms with van der Waals surface area (Å²) in [6, 6.07) is 8.60. The first kappa shape index (κ1) is 17.2. The second-order valence-electron chi connectivity index (χ2n) is 7.41. The molecule has 2 aliphatic rings. The average molecular weight is 355 g/mol. The van der Waals surface area contributed by atoms with E-state index in [1.54, 1.807) is 6.07 Å². The molecular formula is C19H25N5O2. The van der Waals surface area contributed by atoms with Gasteiger partial charge in [0, 0.05) is 32.1 Å². The lowest BCUT2D eigenvalue weighted by Crippen LogP contribution is -2.39. The van der Waals surface area contributed by atoms with Gasteiger partial charge in [-0.25, -0.2) is 10.2 Å². The lowest BCUT2D eigenvalue weighted by Gasteiger charge is -2.31. The summed E-state index contributed by atoms with van der Waals surface area (Å²) in [4.78, 5) is 13.5. The smallest absolute Gasteiger partial charge is 0.356 e. The van der Waals surface area contributed by atoms with Crippen LogP contribution in [0, 0.1) is 19.8 Å². The van der Waals surface area contributed by atoms with E-state index < -0.39 is 5.97 Å². The molecule has 0 saturated carbocycles. The Morgan fingerprint density at radius 1 is 1.31 bits per heavy atom. The Balaban J connectivity index is 1.48. The van der Waals surface area contributed by atoms with E-state index in [9.17, 15) is 4.79 Å². The van der Waals surface area contributed by atoms with Crippen molar-refractivity contribution in [2.24, 2.45) is 5.92 Å². The Labute approximate surface area is 153 Å². The van der Waals surface area contributed by atoms with E-state index in [4.69, 9.17) is 5.11 Å². The maximum Gasteiger partial charge on any atom is 0.356 e. The maximum atomic E-state index is 11.1. The molecule has 1 fully saturated rings. The van der Waals surface area contributed by atoms with Crippen LogP contribution >= 0.6 is 0 Å². The molecule has 2 atom stereocenters. The highest BCUT2D eigenvalue weighted by molar-refractivity contribution is 5.85. The number of nitrogens with one attached hydrogen (secondary N) is 2. The SMILES string of the molecule is Cc1ccc(C)c(C2NNCC2CN2CCn3nc(C(=O)O)cc3C2)c1. The lowest BCUT2D eigenvalue weighted by molar-refractivity contribution is 0.0689. The molecule has 0 radical (unpaired) electrons. The van der Waals surface area contributed by atoms with Gasteiger partial charge in [-0.05, 0) is 31.0 Å². The number of fused-ring (bicyclic) bond motifs is 1. The Bertz CT molecular complexity index is 831. The molecule has 2 aromatic rings. The standard InChI is InChI=1S/C19H25N5O2/c1-12-3-4-13(2)16(7-12)18-14(9-20-21-18)10-23-5-6-24-15(11-23)8-17(22-24)19(25)26/h3-4,7-8,14,18,20-21H,5-6,9-11H2,1-2H3,(H,25,26). The zero-order chi connectivity index (χ0) is 18.3. The average Bonchev–Trinajstić information content (AvgIpc) is 3.23. The number of aromatic nitrogens is 2. The van der Waals surface area contributed by atoms with E-state index in [0.29, 0.717) is 5.92 Å². The van der Waals surface area contributed by atoms with Gasteiger partial charge in [0.15, 0.2) is 5.69 Å². The number of nitrogens with zero attached hydrogens (tertiary/aromatic N) is 3. The quantitative estimate of drug-likeness (QED) is 0.771. The molecule has 4 rings (SSSR count). The number of rotatable bonds is 4. The van der Waals surface area contributed by atoms with Gasteiger partial charge < -0.3 is 5.11 Å². The molecule has 0 aliphatic carbocycles. The van der Waals surface area contributed by atoms with Crippen molar-refractivity contribution in [3.8, 4) is 0 Å². The van der Waals surface area contributed by atoms with Gasteiger partial charge in [0.25, 0.3) is 0 Å². The number of hydrogen-bond acceptors (Lipinski definition) is 5. The second kappa shape index (κ2) is 6.83. The first-order chi connectivity index (χ1) is 12.5. The van der Waals surface area contributed by atoms with Crippen LogP contribution in [0.15, 0.2) is 24.3 Å². The van der Waals surface area contributed by atoms with Gasteiger partial charge >= 0.3 is 5.97 Å². The summed E-state index contributed by atoms with van der Waals surface area (Å²) in [5.74, 6) is -0.499. The Morgan fingerprint density at radius 2 is 2.15 bits per heavy atom. The summed E-state index contributed by atoms with van der Waals surface area (Å²) in [7, 11) is 0. The van der Waals surface area contributed by atoms with Crippen molar-refractivity contribution in [1.29, 1.82) is 0 Å². The van der Waals surface area contributed by atoms with Crippen LogP contribution in [0.25, 0.3) is 0 Å². The molecule has 1 aromatic carbocycles. The summed E-state index contributed by atoms with van der Waals surface area (Å²) in [5.41, 5.74) is 11.8. The molecule has 26 heavy (non-hydrogen) atoms. The molecule has 2 unspecified atom stereocenters. The van der Waals surface area contributed by atoms with Gasteiger partial charge in [-0.2, -0.15) is 5.10 Å². The molecule has 2 aliphatic heterocycles. The monoisotopic (exact) mass is 355 g/mol. The van der Waals surface area contributed by atoms with E-state index in [1.807, 2.05) is 4.68 Å². The number of carboxylic acids is 1. The van der Waals surface area contributed by atoms with Crippen molar-refractivity contribution in [3.63, 3.8) is 0 Å². The third-order valence-corrected chi connectivity index (χ3v) is 5.45. The highest BCUT2D eigenvalue weighted by Gasteiger charge is 2.32. The van der Waals surface area contributed by atoms with Crippen molar-refractivity contribution >= 4 is 5.97 Å². The minimum Gasteiger partial charge on any atom is -0.476 e. The Kier molecular flexibility index (Phi) is 4.52. The number of benzene rings is 1. The fraction of sp³-hybridized carbons (Fsp3) is 0.474. The molecule has 0 amide bonds. The largest absolute Gasteiger partial charge is 0.476 e. The molecule has 0 spiro atoms. The highest BCUT2D eigenvalue weighted by Crippen LogP contribution is 2.29. The van der Waals surface area contributed by atoms with E-state index in [1.165, 1.54) is 16.7 Å². The van der Waals surface area contributed by atoms with E-state index in [2.05, 4.69) is 52.9 Å². The number of aromatic carboxylic acids is 1. The normalized spacial score (nSPS) is 23.2. The molecule has 7 nitrogen and oxygen atoms in total. The topological polar surface area (TPSA) is 82.4 Å². The summed E-state index contributed by atoms with van der Waals surface area (Å²) < 4.78 is 1.83. The molecule has 138 valence electrons. The molecular weight excluding hydrogens is 330 g/mol. The van der Waals surface area contributed by atoms with Gasteiger partial charge in [0.05, 0.1) is 18.3 Å². The molecule has 1 saturated heterocycles. The lowest BCUT2D eigenvalue weighted by atomic mass is 9.90. The fourth-order valence-corrected chi connectivity index (χ4v) is 4.04. The van der Waals surface area contributed by atoms with E-state index >= 15 is 0 Å². The predicted molar refractivity (Wildman–Crippen MR) is 97.7 cm³/mol. The van der Waals surface area contributed by atoms with Crippen molar-refractivity contribution in [1.82, 2.24) is 25.5 Å². The van der Waals surface area contributed by atoms with Crippen LogP contribution in [-0.4, -0.2) is 45.4 Å². The molecule has 0 bridgehead atoms. The Hall–Kier alpha value is -2.22. The van der Waals surface area contributed by atoms with Gasteiger partial charge in [-0.3, -0.25) is 15.0 Å². The predicted octanol–water partition coefficient (Wildman–Crippen LogP) is 1.48. The highest BCUT2D eigenvalue weighted by atomic mass is 16.4. The van der Waals surface area contributed by atoms with Crippen LogP contribution in [0.5, 0.6) is 0 Å². The summed E-state index contributed by atoms with van der Waals surface area (Å²) in [5, 5.41) is 13.3. The first-order valence-electron chi connectivity index (χ1n) is 9.09. The zero-order valence-corrected chi connectivity index (χ0v) is 15.2. The van der Waals surface area contributed by atoms with Crippen LogP contribution in [0.2, 0.25) is 0 Å². The van der Waals surface area contributed by atoms with Crippen LogP contribution in [-0.2, 0) is 13.1 Å². The number of carbonyl (C=O) groups is 1. The van der Waals surface area contributed by atoms with Crippen molar-refractivity contribution < 1.29 is 9.90 Å². The minimum absolute atomic E-state index is 0.138.